The van der Waals surface area contributed by atoms with Gasteiger partial charge >= 0.3 is 0 Å². The highest BCUT2D eigenvalue weighted by Gasteiger charge is 1.93. The van der Waals surface area contributed by atoms with Gasteiger partial charge < -0.3 is 0 Å². The van der Waals surface area contributed by atoms with Crippen molar-refractivity contribution in [2.75, 3.05) is 0 Å². The maximum absolute atomic E-state index is 9.36. The van der Waals surface area contributed by atoms with E-state index in [1.54, 1.807) is 0 Å². The maximum Gasteiger partial charge on any atom is 0.273 e. The Morgan fingerprint density at radius 1 is 1.83 bits per heavy atom. The largest absolute Gasteiger partial charge is 0.291 e. The lowest BCUT2D eigenvalue weighted by atomic mass is 12.8. The van der Waals surface area contributed by atoms with E-state index in [1.165, 1.54) is 0 Å². The molecule has 0 rings (SSSR count). The van der Waals surface area contributed by atoms with Crippen molar-refractivity contribution >= 4 is 11.3 Å². The van der Waals surface area contributed by atoms with Gasteiger partial charge in [0.1, 0.15) is 0 Å². The number of rotatable bonds is 1. The molecule has 0 aromatic rings. The Balaban J connectivity index is 3.26. The third-order valence-corrected chi connectivity index (χ3v) is 0.480. The second kappa shape index (κ2) is 2.21. The van der Waals surface area contributed by atoms with Gasteiger partial charge in [0.2, 0.25) is 0 Å². The molecule has 6 heteroatoms. The zero-order valence-corrected chi connectivity index (χ0v) is 3.55. The van der Waals surface area contributed by atoms with Crippen LogP contribution < -0.4 is 5.84 Å². The van der Waals surface area contributed by atoms with Gasteiger partial charge in [-0.1, -0.05) is 0 Å². The van der Waals surface area contributed by atoms with Crippen LogP contribution in [-0.2, 0) is 11.3 Å². The molecule has 0 aliphatic heterocycles. The van der Waals surface area contributed by atoms with Gasteiger partial charge in [0, 0.05) is 0 Å². The quantitative estimate of drug-likeness (QED) is 0.223. The first-order chi connectivity index (χ1) is 2.64. The van der Waals surface area contributed by atoms with Crippen molar-refractivity contribution in [3.63, 3.8) is 0 Å². The third kappa shape index (κ3) is 2.24. The second-order valence-electron chi connectivity index (χ2n) is 0.533. The fourth-order valence-electron chi connectivity index (χ4n) is 0. The van der Waals surface area contributed by atoms with E-state index >= 15 is 0 Å². The molecule has 5 nitrogen and oxygen atoms in total. The van der Waals surface area contributed by atoms with Crippen LogP contribution in [0.4, 0.5) is 0 Å². The molecule has 1 atom stereocenters. The highest BCUT2D eigenvalue weighted by atomic mass is 32.2. The molecule has 6 heavy (non-hydrogen) atoms. The summed E-state index contributed by atoms with van der Waals surface area (Å²) in [5, 5.41) is 7.69. The average molecular weight is 112 g/mol. The lowest BCUT2D eigenvalue weighted by molar-refractivity contribution is 0.000976. The summed E-state index contributed by atoms with van der Waals surface area (Å²) in [5.74, 6) is 4.27. The third-order valence-electron chi connectivity index (χ3n) is 0.160. The molecular formula is H4N2O3S. The van der Waals surface area contributed by atoms with E-state index in [1.807, 2.05) is 0 Å². The summed E-state index contributed by atoms with van der Waals surface area (Å²) in [7, 11) is 0. The summed E-state index contributed by atoms with van der Waals surface area (Å²) in [4.78, 5) is 0. The first-order valence-electron chi connectivity index (χ1n) is 0.990. The lowest BCUT2D eigenvalue weighted by Gasteiger charge is -1.95. The Morgan fingerprint density at radius 2 is 2.00 bits per heavy atom. The summed E-state index contributed by atoms with van der Waals surface area (Å²) in [6, 6.07) is 0. The number of nitrogens with two attached hydrogens (primary N) is 1. The molecule has 1 unspecified atom stereocenters. The number of nitrogens with zero attached hydrogens (tertiary/aromatic N) is 1. The topological polar surface area (TPSA) is 86.8 Å². The van der Waals surface area contributed by atoms with Crippen molar-refractivity contribution in [2.24, 2.45) is 5.84 Å². The molecule has 0 fully saturated rings. The molecule has 4 N–H and O–H groups in total. The highest BCUT2D eigenvalue weighted by Crippen LogP contribution is 1.67. The normalized spacial score (nSPS) is 15.3. The summed E-state index contributed by atoms with van der Waals surface area (Å²) in [6.45, 7) is 0. The Labute approximate surface area is 36.7 Å². The molecule has 0 spiro atoms. The predicted octanol–water partition coefficient (Wildman–Crippen LogP) is -1.31. The zero-order valence-electron chi connectivity index (χ0n) is 2.74. The van der Waals surface area contributed by atoms with Gasteiger partial charge in [-0.3, -0.25) is 9.76 Å². The monoisotopic (exact) mass is 112 g/mol. The number of hydrazine groups is 1. The van der Waals surface area contributed by atoms with Gasteiger partial charge in [0.05, 0.1) is 0 Å². The minimum absolute atomic E-state index is 0.306. The maximum atomic E-state index is 9.36. The Bertz CT molecular complexity index is 59.8. The zero-order chi connectivity index (χ0) is 5.15. The van der Waals surface area contributed by atoms with Crippen LogP contribution >= 0.6 is 0 Å². The van der Waals surface area contributed by atoms with Crippen molar-refractivity contribution < 1.29 is 14.0 Å². The van der Waals surface area contributed by atoms with Crippen molar-refractivity contribution in [3.8, 4) is 0 Å². The predicted molar refractivity (Wildman–Crippen MR) is 18.6 cm³/mol. The molecule has 0 aliphatic carbocycles. The van der Waals surface area contributed by atoms with Crippen LogP contribution in [0.3, 0.4) is 0 Å². The van der Waals surface area contributed by atoms with Gasteiger partial charge in [-0.05, 0) is 4.58 Å². The molecule has 0 heterocycles. The molecule has 0 aromatic heterocycles. The first-order valence-corrected chi connectivity index (χ1v) is 2.05. The molecule has 0 aliphatic rings. The first kappa shape index (κ1) is 5.99. The Morgan fingerprint density at radius 3 is 2.00 bits per heavy atom. The van der Waals surface area contributed by atoms with Crippen LogP contribution in [0.25, 0.3) is 0 Å². The van der Waals surface area contributed by atoms with Crippen molar-refractivity contribution in [3.05, 3.63) is 0 Å². The smallest absolute Gasteiger partial charge is 0.273 e. The van der Waals surface area contributed by atoms with Gasteiger partial charge in [0.25, 0.3) is 11.3 Å². The van der Waals surface area contributed by atoms with Crippen LogP contribution in [0.15, 0.2) is 0 Å². The van der Waals surface area contributed by atoms with E-state index in [-0.39, 0.29) is 4.58 Å². The Kier molecular flexibility index (Phi) is 2.21. The van der Waals surface area contributed by atoms with E-state index in [2.05, 4.69) is 5.84 Å². The van der Waals surface area contributed by atoms with E-state index in [0.29, 0.717) is 0 Å². The number of hydrogen-bond acceptors (Lipinski definition) is 3. The van der Waals surface area contributed by atoms with Gasteiger partial charge in [-0.2, -0.15) is 0 Å². The minimum Gasteiger partial charge on any atom is -0.291 e. The number of hydrogen-bond donors (Lipinski definition) is 3. The van der Waals surface area contributed by atoms with Gasteiger partial charge in [0.15, 0.2) is 0 Å². The fraction of sp³-hybridized carbons (Fsp3) is 0. The molecule has 0 saturated carbocycles. The van der Waals surface area contributed by atoms with E-state index in [9.17, 15) is 4.21 Å². The molecule has 38 valence electrons. The molecular weight excluding hydrogens is 108 g/mol. The molecule has 0 aromatic carbocycles. The summed E-state index contributed by atoms with van der Waals surface area (Å²) in [6.07, 6.45) is 0. The van der Waals surface area contributed by atoms with Gasteiger partial charge in [-0.15, -0.1) is 0 Å². The van der Waals surface area contributed by atoms with Crippen LogP contribution in [0, 0.1) is 0 Å². The molecule has 0 radical (unpaired) electrons. The second-order valence-corrected chi connectivity index (χ2v) is 1.37. The SMILES string of the molecule is NN(O)S(=O)O. The van der Waals surface area contributed by atoms with Crippen LogP contribution in [-0.4, -0.2) is 18.5 Å². The van der Waals surface area contributed by atoms with Gasteiger partial charge in [-0.25, -0.2) is 10.1 Å². The summed E-state index contributed by atoms with van der Waals surface area (Å²) >= 11 is -2.45. The van der Waals surface area contributed by atoms with Crippen LogP contribution in [0.5, 0.6) is 0 Å². The molecule has 0 amide bonds. The summed E-state index contributed by atoms with van der Waals surface area (Å²) in [5.41, 5.74) is 0. The van der Waals surface area contributed by atoms with Crippen molar-refractivity contribution in [1.82, 2.24) is 4.58 Å². The van der Waals surface area contributed by atoms with E-state index < -0.39 is 11.3 Å². The molecule has 0 saturated heterocycles. The van der Waals surface area contributed by atoms with Crippen LogP contribution in [0.1, 0.15) is 0 Å². The molecule has 0 bridgehead atoms. The average Bonchev–Trinajstić information content (AvgIpc) is 1.36. The fourth-order valence-corrected chi connectivity index (χ4v) is 0. The van der Waals surface area contributed by atoms with E-state index in [0.717, 1.165) is 0 Å². The standard InChI is InChI=1S/H4N2O3S/c1-2(3)6(4)5/h3H,1H2,(H,4,5). The summed E-state index contributed by atoms with van der Waals surface area (Å²) < 4.78 is 16.7. The lowest BCUT2D eigenvalue weighted by Crippen LogP contribution is -2.28. The van der Waals surface area contributed by atoms with Crippen molar-refractivity contribution in [1.29, 1.82) is 0 Å². The highest BCUT2D eigenvalue weighted by molar-refractivity contribution is 7.76. The minimum atomic E-state index is -2.45. The van der Waals surface area contributed by atoms with E-state index in [4.69, 9.17) is 9.76 Å². The van der Waals surface area contributed by atoms with Crippen molar-refractivity contribution in [2.45, 2.75) is 0 Å². The Hall–Kier alpha value is -0.0100. The van der Waals surface area contributed by atoms with Crippen LogP contribution in [0.2, 0.25) is 0 Å².